The van der Waals surface area contributed by atoms with E-state index >= 15 is 0 Å². The van der Waals surface area contributed by atoms with Crippen LogP contribution in [0.15, 0.2) is 54.6 Å². The Kier molecular flexibility index (Phi) is 7.34. The number of ether oxygens (including phenoxy) is 1. The summed E-state index contributed by atoms with van der Waals surface area (Å²) in [6.45, 7) is 7.00. The molecule has 0 atom stereocenters. The normalized spacial score (nSPS) is 10.8. The summed E-state index contributed by atoms with van der Waals surface area (Å²) in [5, 5.41) is 3.10. The molecule has 0 bridgehead atoms. The first-order valence-electron chi connectivity index (χ1n) is 10.8. The van der Waals surface area contributed by atoms with Gasteiger partial charge in [0, 0.05) is 17.9 Å². The number of nitrogens with zero attached hydrogens (tertiary/aromatic N) is 1. The number of rotatable bonds is 9. The van der Waals surface area contributed by atoms with Crippen molar-refractivity contribution in [3.05, 3.63) is 71.4 Å². The molecular formula is C26H32N2O2. The van der Waals surface area contributed by atoms with E-state index in [1.165, 1.54) is 18.4 Å². The van der Waals surface area contributed by atoms with Crippen LogP contribution < -0.4 is 10.1 Å². The molecule has 4 nitrogen and oxygen atoms in total. The van der Waals surface area contributed by atoms with Crippen LogP contribution in [0, 0.1) is 13.8 Å². The van der Waals surface area contributed by atoms with Crippen LogP contribution in [0.25, 0.3) is 16.9 Å². The van der Waals surface area contributed by atoms with Gasteiger partial charge < -0.3 is 14.6 Å². The van der Waals surface area contributed by atoms with Gasteiger partial charge in [-0.3, -0.25) is 4.79 Å². The largest absolute Gasteiger partial charge is 0.497 e. The minimum Gasteiger partial charge on any atom is -0.497 e. The zero-order valence-electron chi connectivity index (χ0n) is 18.5. The number of benzene rings is 2. The molecule has 1 amide bonds. The van der Waals surface area contributed by atoms with Gasteiger partial charge in [0.15, 0.2) is 0 Å². The molecule has 0 aliphatic rings. The molecule has 1 N–H and O–H groups in total. The van der Waals surface area contributed by atoms with Gasteiger partial charge in [-0.25, -0.2) is 0 Å². The van der Waals surface area contributed by atoms with E-state index in [-0.39, 0.29) is 5.91 Å². The Hall–Kier alpha value is -3.01. The average Bonchev–Trinajstić information content (AvgIpc) is 3.11. The van der Waals surface area contributed by atoms with Crippen molar-refractivity contribution in [2.45, 2.75) is 46.5 Å². The van der Waals surface area contributed by atoms with Crippen molar-refractivity contribution in [2.24, 2.45) is 0 Å². The van der Waals surface area contributed by atoms with Crippen molar-refractivity contribution < 1.29 is 9.53 Å². The molecule has 2 aromatic carbocycles. The number of hydrogen-bond acceptors (Lipinski definition) is 2. The number of aryl methyl sites for hydroxylation is 1. The summed E-state index contributed by atoms with van der Waals surface area (Å²) in [6, 6.07) is 18.4. The first-order valence-corrected chi connectivity index (χ1v) is 10.8. The highest BCUT2D eigenvalue weighted by Crippen LogP contribution is 2.31. The molecule has 0 saturated carbocycles. The minimum absolute atomic E-state index is 0.00961. The quantitative estimate of drug-likeness (QED) is 0.439. The highest BCUT2D eigenvalue weighted by atomic mass is 16.5. The summed E-state index contributed by atoms with van der Waals surface area (Å²) in [5.41, 5.74) is 5.95. The number of carbonyl (C=O) groups excluding carboxylic acids is 1. The standard InChI is InChI=1S/C26H32N2O2/c1-5-6-7-8-17-27-26(29)24-18-25(21-11-15-23(30-4)16-12-21)28(20(24)3)22-13-9-19(2)10-14-22/h9-16,18H,5-8,17H2,1-4H3,(H,27,29). The highest BCUT2D eigenvalue weighted by molar-refractivity contribution is 5.97. The Bertz CT molecular complexity index is 970. The van der Waals surface area contributed by atoms with Gasteiger partial charge in [-0.1, -0.05) is 43.9 Å². The lowest BCUT2D eigenvalue weighted by Crippen LogP contribution is -2.24. The van der Waals surface area contributed by atoms with Crippen LogP contribution in [0.3, 0.4) is 0 Å². The van der Waals surface area contributed by atoms with E-state index in [0.717, 1.165) is 46.8 Å². The van der Waals surface area contributed by atoms with Crippen LogP contribution in [0.1, 0.15) is 54.2 Å². The monoisotopic (exact) mass is 404 g/mol. The van der Waals surface area contributed by atoms with E-state index in [1.807, 2.05) is 37.3 Å². The summed E-state index contributed by atoms with van der Waals surface area (Å²) < 4.78 is 7.46. The number of amides is 1. The van der Waals surface area contributed by atoms with Gasteiger partial charge in [0.25, 0.3) is 5.91 Å². The van der Waals surface area contributed by atoms with Crippen LogP contribution in [0.4, 0.5) is 0 Å². The first-order chi connectivity index (χ1) is 14.5. The molecule has 158 valence electrons. The molecule has 0 aliphatic carbocycles. The number of methoxy groups -OCH3 is 1. The molecule has 0 fully saturated rings. The number of hydrogen-bond donors (Lipinski definition) is 1. The van der Waals surface area contributed by atoms with Crippen molar-refractivity contribution in [1.29, 1.82) is 0 Å². The number of nitrogens with one attached hydrogen (secondary N) is 1. The van der Waals surface area contributed by atoms with Crippen molar-refractivity contribution in [1.82, 2.24) is 9.88 Å². The predicted octanol–water partition coefficient (Wildman–Crippen LogP) is 6.08. The number of carbonyl (C=O) groups is 1. The summed E-state index contributed by atoms with van der Waals surface area (Å²) in [4.78, 5) is 12.9. The Labute approximate surface area is 179 Å². The molecule has 0 spiro atoms. The molecular weight excluding hydrogens is 372 g/mol. The second-order valence-electron chi connectivity index (χ2n) is 7.74. The van der Waals surface area contributed by atoms with Crippen molar-refractivity contribution in [3.8, 4) is 22.7 Å². The van der Waals surface area contributed by atoms with Gasteiger partial charge in [0.1, 0.15) is 5.75 Å². The topological polar surface area (TPSA) is 43.3 Å². The third kappa shape index (κ3) is 4.93. The van der Waals surface area contributed by atoms with E-state index in [4.69, 9.17) is 4.74 Å². The fraction of sp³-hybridized carbons (Fsp3) is 0.346. The Morgan fingerprint density at radius 1 is 0.967 bits per heavy atom. The second kappa shape index (κ2) is 10.1. The molecule has 0 unspecified atom stereocenters. The third-order valence-corrected chi connectivity index (χ3v) is 5.49. The molecule has 30 heavy (non-hydrogen) atoms. The van der Waals surface area contributed by atoms with Crippen LogP contribution in [0.2, 0.25) is 0 Å². The fourth-order valence-electron chi connectivity index (χ4n) is 3.69. The summed E-state index contributed by atoms with van der Waals surface area (Å²) >= 11 is 0. The molecule has 0 radical (unpaired) electrons. The molecule has 1 heterocycles. The van der Waals surface area contributed by atoms with Crippen molar-refractivity contribution >= 4 is 5.91 Å². The maximum Gasteiger partial charge on any atom is 0.253 e. The molecule has 3 aromatic rings. The van der Waals surface area contributed by atoms with Gasteiger partial charge in [0.2, 0.25) is 0 Å². The van der Waals surface area contributed by atoms with E-state index in [1.54, 1.807) is 7.11 Å². The van der Waals surface area contributed by atoms with Crippen molar-refractivity contribution in [2.75, 3.05) is 13.7 Å². The maximum absolute atomic E-state index is 12.9. The van der Waals surface area contributed by atoms with E-state index in [0.29, 0.717) is 6.54 Å². The number of aromatic nitrogens is 1. The lowest BCUT2D eigenvalue weighted by atomic mass is 10.1. The third-order valence-electron chi connectivity index (χ3n) is 5.49. The van der Waals surface area contributed by atoms with Crippen molar-refractivity contribution in [3.63, 3.8) is 0 Å². The van der Waals surface area contributed by atoms with Gasteiger partial charge in [-0.2, -0.15) is 0 Å². The number of unbranched alkanes of at least 4 members (excludes halogenated alkanes) is 3. The SMILES string of the molecule is CCCCCCNC(=O)c1cc(-c2ccc(OC)cc2)n(-c2ccc(C)cc2)c1C. The van der Waals surface area contributed by atoms with Crippen LogP contribution in [-0.4, -0.2) is 24.1 Å². The average molecular weight is 405 g/mol. The van der Waals surface area contributed by atoms with Gasteiger partial charge in [-0.15, -0.1) is 0 Å². The zero-order chi connectivity index (χ0) is 21.5. The van der Waals surface area contributed by atoms with Crippen LogP contribution in [-0.2, 0) is 0 Å². The van der Waals surface area contributed by atoms with Gasteiger partial charge >= 0.3 is 0 Å². The first kappa shape index (κ1) is 21.7. The second-order valence-corrected chi connectivity index (χ2v) is 7.74. The van der Waals surface area contributed by atoms with E-state index in [9.17, 15) is 4.79 Å². The Morgan fingerprint density at radius 3 is 2.30 bits per heavy atom. The fourth-order valence-corrected chi connectivity index (χ4v) is 3.69. The molecule has 4 heteroatoms. The lowest BCUT2D eigenvalue weighted by molar-refractivity contribution is 0.0952. The van der Waals surface area contributed by atoms with Gasteiger partial charge in [-0.05, 0) is 68.3 Å². The van der Waals surface area contributed by atoms with Gasteiger partial charge in [0.05, 0.1) is 18.4 Å². The van der Waals surface area contributed by atoms with Crippen LogP contribution in [0.5, 0.6) is 5.75 Å². The predicted molar refractivity (Wildman–Crippen MR) is 124 cm³/mol. The molecule has 3 rings (SSSR count). The molecule has 1 aromatic heterocycles. The summed E-state index contributed by atoms with van der Waals surface area (Å²) in [6.07, 6.45) is 4.57. The Balaban J connectivity index is 1.96. The van der Waals surface area contributed by atoms with E-state index in [2.05, 4.69) is 48.0 Å². The minimum atomic E-state index is -0.00961. The summed E-state index contributed by atoms with van der Waals surface area (Å²) in [5.74, 6) is 0.804. The smallest absolute Gasteiger partial charge is 0.253 e. The maximum atomic E-state index is 12.9. The highest BCUT2D eigenvalue weighted by Gasteiger charge is 2.19. The Morgan fingerprint density at radius 2 is 1.67 bits per heavy atom. The van der Waals surface area contributed by atoms with Crippen LogP contribution >= 0.6 is 0 Å². The lowest BCUT2D eigenvalue weighted by Gasteiger charge is -2.13. The summed E-state index contributed by atoms with van der Waals surface area (Å²) in [7, 11) is 1.66. The molecule has 0 aliphatic heterocycles. The molecule has 0 saturated heterocycles. The zero-order valence-corrected chi connectivity index (χ0v) is 18.5. The van der Waals surface area contributed by atoms with E-state index < -0.39 is 0 Å².